The SMILES string of the molecule is CC(=O)NCCC(C#N)c1ccc(F)cc1. The molecule has 0 aliphatic rings. The summed E-state index contributed by atoms with van der Waals surface area (Å²) >= 11 is 0. The average molecular weight is 220 g/mol. The largest absolute Gasteiger partial charge is 0.356 e. The monoisotopic (exact) mass is 220 g/mol. The van der Waals surface area contributed by atoms with E-state index in [4.69, 9.17) is 5.26 Å². The molecule has 0 saturated heterocycles. The Morgan fingerprint density at radius 3 is 2.62 bits per heavy atom. The highest BCUT2D eigenvalue weighted by Gasteiger charge is 2.10. The van der Waals surface area contributed by atoms with E-state index < -0.39 is 0 Å². The molecule has 16 heavy (non-hydrogen) atoms. The molecule has 1 amide bonds. The Morgan fingerprint density at radius 2 is 2.12 bits per heavy atom. The van der Waals surface area contributed by atoms with Crippen molar-refractivity contribution in [2.24, 2.45) is 0 Å². The molecule has 3 nitrogen and oxygen atoms in total. The maximum Gasteiger partial charge on any atom is 0.216 e. The number of carbonyl (C=O) groups excluding carboxylic acids is 1. The zero-order chi connectivity index (χ0) is 12.0. The van der Waals surface area contributed by atoms with Crippen molar-refractivity contribution in [3.63, 3.8) is 0 Å². The number of nitrogens with one attached hydrogen (secondary N) is 1. The number of amides is 1. The van der Waals surface area contributed by atoms with Gasteiger partial charge in [-0.2, -0.15) is 5.26 Å². The number of halogens is 1. The molecule has 1 rings (SSSR count). The number of nitrogens with zero attached hydrogens (tertiary/aromatic N) is 1. The van der Waals surface area contributed by atoms with Crippen LogP contribution in [-0.4, -0.2) is 12.5 Å². The second-order valence-corrected chi connectivity index (χ2v) is 3.50. The summed E-state index contributed by atoms with van der Waals surface area (Å²) in [6.45, 7) is 1.88. The average Bonchev–Trinajstić information content (AvgIpc) is 2.26. The summed E-state index contributed by atoms with van der Waals surface area (Å²) < 4.78 is 12.7. The molecule has 0 aromatic heterocycles. The standard InChI is InChI=1S/C12H13FN2O/c1-9(16)15-7-6-11(8-14)10-2-4-12(13)5-3-10/h2-5,11H,6-7H2,1H3,(H,15,16). The fraction of sp³-hybridized carbons (Fsp3) is 0.333. The topological polar surface area (TPSA) is 52.9 Å². The zero-order valence-electron chi connectivity index (χ0n) is 9.03. The van der Waals surface area contributed by atoms with Crippen molar-refractivity contribution in [2.75, 3.05) is 6.54 Å². The number of hydrogen-bond acceptors (Lipinski definition) is 2. The predicted molar refractivity (Wildman–Crippen MR) is 58.1 cm³/mol. The second kappa shape index (κ2) is 5.86. The van der Waals surface area contributed by atoms with Crippen LogP contribution in [0.2, 0.25) is 0 Å². The summed E-state index contributed by atoms with van der Waals surface area (Å²) in [7, 11) is 0. The van der Waals surface area contributed by atoms with Gasteiger partial charge in [-0.1, -0.05) is 12.1 Å². The van der Waals surface area contributed by atoms with Gasteiger partial charge in [-0.05, 0) is 24.1 Å². The number of hydrogen-bond donors (Lipinski definition) is 1. The Balaban J connectivity index is 2.58. The Bertz CT molecular complexity index is 394. The van der Waals surface area contributed by atoms with E-state index in [2.05, 4.69) is 11.4 Å². The fourth-order valence-corrected chi connectivity index (χ4v) is 1.39. The molecule has 0 heterocycles. The van der Waals surface area contributed by atoms with E-state index in [1.165, 1.54) is 19.1 Å². The van der Waals surface area contributed by atoms with Gasteiger partial charge < -0.3 is 5.32 Å². The van der Waals surface area contributed by atoms with Gasteiger partial charge in [0, 0.05) is 13.5 Å². The van der Waals surface area contributed by atoms with Crippen LogP contribution in [0.5, 0.6) is 0 Å². The van der Waals surface area contributed by atoms with Crippen LogP contribution < -0.4 is 5.32 Å². The van der Waals surface area contributed by atoms with Gasteiger partial charge in [0.05, 0.1) is 12.0 Å². The van der Waals surface area contributed by atoms with Gasteiger partial charge in [0.1, 0.15) is 5.82 Å². The van der Waals surface area contributed by atoms with Gasteiger partial charge in [-0.3, -0.25) is 4.79 Å². The Hall–Kier alpha value is -1.89. The highest BCUT2D eigenvalue weighted by Crippen LogP contribution is 2.18. The molecule has 0 saturated carbocycles. The number of rotatable bonds is 4. The molecule has 0 spiro atoms. The van der Waals surface area contributed by atoms with E-state index in [0.717, 1.165) is 5.56 Å². The number of carbonyl (C=O) groups is 1. The van der Waals surface area contributed by atoms with Gasteiger partial charge in [0.15, 0.2) is 0 Å². The maximum absolute atomic E-state index is 12.7. The third-order valence-corrected chi connectivity index (χ3v) is 2.24. The van der Waals surface area contributed by atoms with Crippen LogP contribution >= 0.6 is 0 Å². The first-order chi connectivity index (χ1) is 7.63. The molecule has 0 bridgehead atoms. The lowest BCUT2D eigenvalue weighted by atomic mass is 9.97. The highest BCUT2D eigenvalue weighted by atomic mass is 19.1. The van der Waals surface area contributed by atoms with E-state index in [1.807, 2.05) is 0 Å². The van der Waals surface area contributed by atoms with E-state index in [9.17, 15) is 9.18 Å². The van der Waals surface area contributed by atoms with Crippen LogP contribution in [0.3, 0.4) is 0 Å². The molecule has 4 heteroatoms. The van der Waals surface area contributed by atoms with Crippen molar-refractivity contribution in [3.05, 3.63) is 35.6 Å². The van der Waals surface area contributed by atoms with Crippen molar-refractivity contribution >= 4 is 5.91 Å². The summed E-state index contributed by atoms with van der Waals surface area (Å²) in [4.78, 5) is 10.7. The molecule has 1 aromatic rings. The first-order valence-corrected chi connectivity index (χ1v) is 5.03. The molecule has 0 radical (unpaired) electrons. The second-order valence-electron chi connectivity index (χ2n) is 3.50. The molecule has 0 aliphatic carbocycles. The van der Waals surface area contributed by atoms with Crippen molar-refractivity contribution < 1.29 is 9.18 Å². The molecule has 84 valence electrons. The van der Waals surface area contributed by atoms with E-state index in [0.29, 0.717) is 13.0 Å². The molecule has 1 unspecified atom stereocenters. The summed E-state index contributed by atoms with van der Waals surface area (Å²) in [5, 5.41) is 11.6. The lowest BCUT2D eigenvalue weighted by Gasteiger charge is -2.09. The maximum atomic E-state index is 12.7. The van der Waals surface area contributed by atoms with Crippen molar-refractivity contribution in [1.29, 1.82) is 5.26 Å². The van der Waals surface area contributed by atoms with Gasteiger partial charge >= 0.3 is 0 Å². The summed E-state index contributed by atoms with van der Waals surface area (Å²) in [6, 6.07) is 7.99. The molecular formula is C12H13FN2O. The summed E-state index contributed by atoms with van der Waals surface area (Å²) in [5.74, 6) is -0.745. The van der Waals surface area contributed by atoms with Crippen molar-refractivity contribution in [3.8, 4) is 6.07 Å². The first-order valence-electron chi connectivity index (χ1n) is 5.03. The minimum absolute atomic E-state index is 0.115. The first kappa shape index (κ1) is 12.2. The minimum Gasteiger partial charge on any atom is -0.356 e. The van der Waals surface area contributed by atoms with Crippen LogP contribution in [0.15, 0.2) is 24.3 Å². The van der Waals surface area contributed by atoms with E-state index in [1.54, 1.807) is 12.1 Å². The molecule has 1 atom stereocenters. The molecule has 0 aliphatic heterocycles. The Kier molecular flexibility index (Phi) is 4.46. The quantitative estimate of drug-likeness (QED) is 0.843. The number of nitriles is 1. The predicted octanol–water partition coefficient (Wildman–Crippen LogP) is 1.96. The molecule has 1 aromatic carbocycles. The van der Waals surface area contributed by atoms with Crippen LogP contribution in [0.4, 0.5) is 4.39 Å². The van der Waals surface area contributed by atoms with Crippen LogP contribution in [-0.2, 0) is 4.79 Å². The Morgan fingerprint density at radius 1 is 1.50 bits per heavy atom. The fourth-order valence-electron chi connectivity index (χ4n) is 1.39. The molecule has 1 N–H and O–H groups in total. The lowest BCUT2D eigenvalue weighted by molar-refractivity contribution is -0.118. The van der Waals surface area contributed by atoms with E-state index >= 15 is 0 Å². The van der Waals surface area contributed by atoms with Crippen LogP contribution in [0.25, 0.3) is 0 Å². The van der Waals surface area contributed by atoms with Crippen molar-refractivity contribution in [1.82, 2.24) is 5.32 Å². The van der Waals surface area contributed by atoms with Gasteiger partial charge in [-0.15, -0.1) is 0 Å². The van der Waals surface area contributed by atoms with Crippen LogP contribution in [0, 0.1) is 17.1 Å². The van der Waals surface area contributed by atoms with Gasteiger partial charge in [-0.25, -0.2) is 4.39 Å². The molecule has 0 fully saturated rings. The van der Waals surface area contributed by atoms with Gasteiger partial charge in [0.2, 0.25) is 5.91 Å². The van der Waals surface area contributed by atoms with Gasteiger partial charge in [0.25, 0.3) is 0 Å². The summed E-state index contributed by atoms with van der Waals surface area (Å²) in [5.41, 5.74) is 0.772. The minimum atomic E-state index is -0.317. The zero-order valence-corrected chi connectivity index (χ0v) is 9.03. The third kappa shape index (κ3) is 3.70. The normalized spacial score (nSPS) is 11.6. The molecular weight excluding hydrogens is 207 g/mol. The smallest absolute Gasteiger partial charge is 0.216 e. The number of benzene rings is 1. The summed E-state index contributed by atoms with van der Waals surface area (Å²) in [6.07, 6.45) is 0.529. The van der Waals surface area contributed by atoms with Crippen molar-refractivity contribution in [2.45, 2.75) is 19.3 Å². The third-order valence-electron chi connectivity index (χ3n) is 2.24. The van der Waals surface area contributed by atoms with E-state index in [-0.39, 0.29) is 17.6 Å². The Labute approximate surface area is 93.9 Å². The lowest BCUT2D eigenvalue weighted by Crippen LogP contribution is -2.22. The van der Waals surface area contributed by atoms with Crippen LogP contribution in [0.1, 0.15) is 24.8 Å². The highest BCUT2D eigenvalue weighted by molar-refractivity contribution is 5.72.